The van der Waals surface area contributed by atoms with Gasteiger partial charge in [0.1, 0.15) is 6.07 Å². The predicted molar refractivity (Wildman–Crippen MR) is 115 cm³/mol. The highest BCUT2D eigenvalue weighted by Gasteiger charge is 2.31. The number of carbonyl (C=O) groups excluding carboxylic acids is 1. The van der Waals surface area contributed by atoms with Gasteiger partial charge in [-0.15, -0.1) is 0 Å². The maximum absolute atomic E-state index is 12.9. The van der Waals surface area contributed by atoms with Gasteiger partial charge in [-0.2, -0.15) is 9.57 Å². The first-order valence-electron chi connectivity index (χ1n) is 10.2. The van der Waals surface area contributed by atoms with Crippen molar-refractivity contribution < 1.29 is 13.2 Å². The van der Waals surface area contributed by atoms with Crippen LogP contribution >= 0.6 is 0 Å². The van der Waals surface area contributed by atoms with Gasteiger partial charge in [0.15, 0.2) is 0 Å². The van der Waals surface area contributed by atoms with Crippen molar-refractivity contribution in [3.63, 3.8) is 0 Å². The van der Waals surface area contributed by atoms with Crippen molar-refractivity contribution in [2.75, 3.05) is 26.2 Å². The topological polar surface area (TPSA) is 81.5 Å². The van der Waals surface area contributed by atoms with E-state index < -0.39 is 10.0 Å². The number of benzene rings is 2. The third-order valence-corrected chi connectivity index (χ3v) is 7.45. The average molecular weight is 426 g/mol. The Hall–Kier alpha value is -2.69. The van der Waals surface area contributed by atoms with Crippen molar-refractivity contribution in [3.8, 4) is 6.07 Å². The molecule has 1 heterocycles. The zero-order chi connectivity index (χ0) is 21.7. The summed E-state index contributed by atoms with van der Waals surface area (Å²) in [5, 5.41) is 9.20. The molecule has 2 aromatic carbocycles. The van der Waals surface area contributed by atoms with Crippen LogP contribution in [-0.2, 0) is 21.2 Å². The molecule has 2 aromatic rings. The fourth-order valence-electron chi connectivity index (χ4n) is 3.58. The molecule has 0 saturated carbocycles. The fraction of sp³-hybridized carbons (Fsp3) is 0.391. The van der Waals surface area contributed by atoms with E-state index in [2.05, 4.69) is 38.1 Å². The highest BCUT2D eigenvalue weighted by molar-refractivity contribution is 7.89. The van der Waals surface area contributed by atoms with E-state index in [0.717, 1.165) is 5.56 Å². The maximum Gasteiger partial charge on any atom is 0.244 e. The lowest BCUT2D eigenvalue weighted by Gasteiger charge is -2.34. The highest BCUT2D eigenvalue weighted by Crippen LogP contribution is 2.21. The van der Waals surface area contributed by atoms with Crippen LogP contribution in [0.3, 0.4) is 0 Å². The highest BCUT2D eigenvalue weighted by atomic mass is 32.2. The molecular formula is C23H27N3O3S. The van der Waals surface area contributed by atoms with Gasteiger partial charge < -0.3 is 4.90 Å². The zero-order valence-corrected chi connectivity index (χ0v) is 18.2. The lowest BCUT2D eigenvalue weighted by Crippen LogP contribution is -2.50. The van der Waals surface area contributed by atoms with E-state index in [4.69, 9.17) is 0 Å². The van der Waals surface area contributed by atoms with E-state index in [0.29, 0.717) is 31.8 Å². The van der Waals surface area contributed by atoms with Crippen LogP contribution in [0.4, 0.5) is 0 Å². The van der Waals surface area contributed by atoms with Crippen LogP contribution in [-0.4, -0.2) is 49.7 Å². The monoisotopic (exact) mass is 425 g/mol. The van der Waals surface area contributed by atoms with Crippen LogP contribution in [0.25, 0.3) is 0 Å². The number of aryl methyl sites for hydroxylation is 1. The Morgan fingerprint density at radius 3 is 2.27 bits per heavy atom. The minimum absolute atomic E-state index is 0.0251. The Bertz CT molecular complexity index is 1030. The normalized spacial score (nSPS) is 15.2. The molecule has 30 heavy (non-hydrogen) atoms. The zero-order valence-electron chi connectivity index (χ0n) is 17.4. The van der Waals surface area contributed by atoms with E-state index in [1.54, 1.807) is 17.0 Å². The van der Waals surface area contributed by atoms with Gasteiger partial charge in [0.05, 0.1) is 10.5 Å². The number of hydrogen-bond donors (Lipinski definition) is 0. The third-order valence-electron chi connectivity index (χ3n) is 5.49. The second kappa shape index (κ2) is 9.41. The van der Waals surface area contributed by atoms with E-state index in [-0.39, 0.29) is 29.5 Å². The quantitative estimate of drug-likeness (QED) is 0.712. The molecule has 0 N–H and O–H groups in total. The molecule has 0 aromatic heterocycles. The van der Waals surface area contributed by atoms with Crippen molar-refractivity contribution in [1.29, 1.82) is 5.26 Å². The standard InChI is InChI=1S/C23H27N3O3S/c1-18(2)20-10-7-19(8-11-20)9-12-23(27)25-13-15-26(16-14-25)30(28,29)22-6-4-3-5-21(22)17-24/h3-8,10-11,18H,9,12-16H2,1-2H3. The van der Waals surface area contributed by atoms with Gasteiger partial charge in [-0.1, -0.05) is 50.2 Å². The third kappa shape index (κ3) is 4.89. The molecular weight excluding hydrogens is 398 g/mol. The van der Waals surface area contributed by atoms with Crippen molar-refractivity contribution >= 4 is 15.9 Å². The first-order chi connectivity index (χ1) is 14.3. The lowest BCUT2D eigenvalue weighted by atomic mass is 10.00. The number of carbonyl (C=O) groups is 1. The van der Waals surface area contributed by atoms with Gasteiger partial charge in [0.25, 0.3) is 0 Å². The van der Waals surface area contributed by atoms with E-state index in [9.17, 15) is 18.5 Å². The minimum atomic E-state index is -3.75. The lowest BCUT2D eigenvalue weighted by molar-refractivity contribution is -0.132. The van der Waals surface area contributed by atoms with Crippen LogP contribution in [0.2, 0.25) is 0 Å². The second-order valence-corrected chi connectivity index (χ2v) is 9.70. The molecule has 1 aliphatic heterocycles. The van der Waals surface area contributed by atoms with Gasteiger partial charge in [-0.3, -0.25) is 4.79 Å². The number of piperazine rings is 1. The largest absolute Gasteiger partial charge is 0.340 e. The number of nitrogens with zero attached hydrogens (tertiary/aromatic N) is 3. The number of rotatable bonds is 6. The molecule has 1 aliphatic rings. The van der Waals surface area contributed by atoms with Gasteiger partial charge in [0, 0.05) is 32.6 Å². The van der Waals surface area contributed by atoms with Crippen LogP contribution < -0.4 is 0 Å². The van der Waals surface area contributed by atoms with Gasteiger partial charge in [-0.05, 0) is 35.6 Å². The first-order valence-corrected chi connectivity index (χ1v) is 11.6. The number of nitriles is 1. The smallest absolute Gasteiger partial charge is 0.244 e. The molecule has 0 bridgehead atoms. The molecule has 0 unspecified atom stereocenters. The molecule has 1 amide bonds. The molecule has 6 nitrogen and oxygen atoms in total. The van der Waals surface area contributed by atoms with Crippen LogP contribution in [0.5, 0.6) is 0 Å². The van der Waals surface area contributed by atoms with Crippen LogP contribution in [0.1, 0.15) is 42.9 Å². The molecule has 3 rings (SSSR count). The molecule has 158 valence electrons. The van der Waals surface area contributed by atoms with Gasteiger partial charge in [-0.25, -0.2) is 8.42 Å². The minimum Gasteiger partial charge on any atom is -0.340 e. The number of hydrogen-bond acceptors (Lipinski definition) is 4. The number of sulfonamides is 1. The predicted octanol–water partition coefficient (Wildman–Crippen LogP) is 3.15. The van der Waals surface area contributed by atoms with Gasteiger partial charge >= 0.3 is 0 Å². The summed E-state index contributed by atoms with van der Waals surface area (Å²) in [5.74, 6) is 0.519. The first kappa shape index (κ1) is 22.0. The number of amides is 1. The van der Waals surface area contributed by atoms with Gasteiger partial charge in [0.2, 0.25) is 15.9 Å². The summed E-state index contributed by atoms with van der Waals surface area (Å²) in [6.07, 6.45) is 1.08. The molecule has 1 saturated heterocycles. The van der Waals surface area contributed by atoms with E-state index >= 15 is 0 Å². The Labute approximate surface area is 178 Å². The molecule has 0 radical (unpaired) electrons. The summed E-state index contributed by atoms with van der Waals surface area (Å²) < 4.78 is 27.2. The Balaban J connectivity index is 1.56. The molecule has 1 fully saturated rings. The molecule has 0 aliphatic carbocycles. The second-order valence-electron chi connectivity index (χ2n) is 7.79. The molecule has 0 atom stereocenters. The summed E-state index contributed by atoms with van der Waals surface area (Å²) in [6.45, 7) is 5.49. The van der Waals surface area contributed by atoms with Crippen molar-refractivity contribution in [3.05, 3.63) is 65.2 Å². The molecule has 0 spiro atoms. The van der Waals surface area contributed by atoms with E-state index in [1.165, 1.54) is 22.0 Å². The summed E-state index contributed by atoms with van der Waals surface area (Å²) in [6, 6.07) is 16.5. The summed E-state index contributed by atoms with van der Waals surface area (Å²) in [7, 11) is -3.75. The van der Waals surface area contributed by atoms with Crippen molar-refractivity contribution in [2.45, 2.75) is 37.5 Å². The maximum atomic E-state index is 12.9. The summed E-state index contributed by atoms with van der Waals surface area (Å²) in [4.78, 5) is 14.3. The Morgan fingerprint density at radius 2 is 1.67 bits per heavy atom. The van der Waals surface area contributed by atoms with E-state index in [1.807, 2.05) is 6.07 Å². The van der Waals surface area contributed by atoms with Crippen LogP contribution in [0.15, 0.2) is 53.4 Å². The Kier molecular flexibility index (Phi) is 6.91. The summed E-state index contributed by atoms with van der Waals surface area (Å²) in [5.41, 5.74) is 2.54. The summed E-state index contributed by atoms with van der Waals surface area (Å²) >= 11 is 0. The van der Waals surface area contributed by atoms with Crippen molar-refractivity contribution in [2.24, 2.45) is 0 Å². The molecule has 7 heteroatoms. The van der Waals surface area contributed by atoms with Crippen molar-refractivity contribution in [1.82, 2.24) is 9.21 Å². The fourth-order valence-corrected chi connectivity index (χ4v) is 5.14. The SMILES string of the molecule is CC(C)c1ccc(CCC(=O)N2CCN(S(=O)(=O)c3ccccc3C#N)CC2)cc1. The average Bonchev–Trinajstić information content (AvgIpc) is 2.77. The Morgan fingerprint density at radius 1 is 1.03 bits per heavy atom. The van der Waals surface area contributed by atoms with Crippen LogP contribution in [0, 0.1) is 11.3 Å².